The van der Waals surface area contributed by atoms with Crippen LogP contribution in [0.3, 0.4) is 0 Å². The van der Waals surface area contributed by atoms with Gasteiger partial charge in [0, 0.05) is 6.42 Å². The van der Waals surface area contributed by atoms with Crippen LogP contribution in [0.1, 0.15) is 70.8 Å². The van der Waals surface area contributed by atoms with Gasteiger partial charge in [-0.25, -0.2) is 0 Å². The van der Waals surface area contributed by atoms with Crippen molar-refractivity contribution in [2.45, 2.75) is 96.1 Å². The second kappa shape index (κ2) is 13.7. The van der Waals surface area contributed by atoms with E-state index in [1.165, 1.54) is 5.56 Å². The molecule has 0 aliphatic heterocycles. The van der Waals surface area contributed by atoms with Crippen molar-refractivity contribution in [3.63, 3.8) is 0 Å². The number of aliphatic hydroxyl groups excluding tert-OH is 3. The molecule has 31 heavy (non-hydrogen) atoms. The van der Waals surface area contributed by atoms with E-state index in [9.17, 15) is 20.1 Å². The summed E-state index contributed by atoms with van der Waals surface area (Å²) in [6, 6.07) is 10.1. The smallest absolute Gasteiger partial charge is 0.306 e. The lowest BCUT2D eigenvalue weighted by atomic mass is 9.85. The first-order chi connectivity index (χ1) is 14.9. The van der Waals surface area contributed by atoms with Gasteiger partial charge in [-0.15, -0.1) is 0 Å². The van der Waals surface area contributed by atoms with Crippen LogP contribution in [0.4, 0.5) is 0 Å². The molecule has 0 aromatic heterocycles. The topological polar surface area (TPSA) is 87.0 Å². The molecule has 1 fully saturated rings. The second-order valence-corrected chi connectivity index (χ2v) is 9.09. The van der Waals surface area contributed by atoms with Crippen molar-refractivity contribution in [3.05, 3.63) is 48.0 Å². The highest BCUT2D eigenvalue weighted by Crippen LogP contribution is 2.38. The van der Waals surface area contributed by atoms with Crippen LogP contribution in [-0.2, 0) is 16.0 Å². The summed E-state index contributed by atoms with van der Waals surface area (Å²) >= 11 is 0. The molecule has 1 saturated carbocycles. The first-order valence-corrected chi connectivity index (χ1v) is 11.8. The summed E-state index contributed by atoms with van der Waals surface area (Å²) in [5.74, 6) is -0.144. The highest BCUT2D eigenvalue weighted by molar-refractivity contribution is 5.69. The molecule has 0 saturated heterocycles. The molecule has 0 heterocycles. The zero-order valence-corrected chi connectivity index (χ0v) is 19.0. The molecule has 5 heteroatoms. The Kier molecular flexibility index (Phi) is 11.3. The molecule has 0 amide bonds. The zero-order valence-electron chi connectivity index (χ0n) is 19.0. The Morgan fingerprint density at radius 3 is 2.52 bits per heavy atom. The number of benzene rings is 1. The maximum absolute atomic E-state index is 11.5. The summed E-state index contributed by atoms with van der Waals surface area (Å²) in [6.07, 6.45) is 8.58. The van der Waals surface area contributed by atoms with E-state index >= 15 is 0 Å². The van der Waals surface area contributed by atoms with Gasteiger partial charge in [-0.3, -0.25) is 4.79 Å². The van der Waals surface area contributed by atoms with E-state index in [1.54, 1.807) is 0 Å². The molecule has 2 rings (SSSR count). The van der Waals surface area contributed by atoms with Crippen molar-refractivity contribution in [1.82, 2.24) is 0 Å². The van der Waals surface area contributed by atoms with Gasteiger partial charge in [0.05, 0.1) is 24.4 Å². The summed E-state index contributed by atoms with van der Waals surface area (Å²) < 4.78 is 5.12. The van der Waals surface area contributed by atoms with E-state index in [4.69, 9.17) is 4.74 Å². The van der Waals surface area contributed by atoms with Crippen molar-refractivity contribution in [3.8, 4) is 0 Å². The number of carbonyl (C=O) groups excluding carboxylic acids is 1. The number of hydrogen-bond donors (Lipinski definition) is 3. The number of aryl methyl sites for hydroxylation is 1. The minimum Gasteiger partial charge on any atom is -0.463 e. The highest BCUT2D eigenvalue weighted by Gasteiger charge is 2.40. The van der Waals surface area contributed by atoms with E-state index in [1.807, 2.05) is 38.1 Å². The van der Waals surface area contributed by atoms with Gasteiger partial charge >= 0.3 is 5.97 Å². The summed E-state index contributed by atoms with van der Waals surface area (Å²) in [5, 5.41) is 31.2. The molecule has 1 aliphatic carbocycles. The van der Waals surface area contributed by atoms with E-state index in [2.05, 4.69) is 18.2 Å². The molecular formula is C26H40O5. The number of rotatable bonds is 13. The maximum Gasteiger partial charge on any atom is 0.306 e. The van der Waals surface area contributed by atoms with Crippen molar-refractivity contribution >= 4 is 5.97 Å². The Bertz CT molecular complexity index is 657. The number of aliphatic hydroxyl groups is 3. The predicted octanol–water partition coefficient (Wildman–Crippen LogP) is 4.19. The number of unbranched alkanes of at least 4 members (excludes halogenated alkanes) is 1. The molecule has 174 valence electrons. The fraction of sp³-hybridized carbons (Fsp3) is 0.654. The Labute approximate surface area is 187 Å². The molecule has 3 N–H and O–H groups in total. The lowest BCUT2D eigenvalue weighted by Crippen LogP contribution is -2.23. The average molecular weight is 433 g/mol. The van der Waals surface area contributed by atoms with Crippen LogP contribution in [0.25, 0.3) is 0 Å². The van der Waals surface area contributed by atoms with Crippen molar-refractivity contribution in [1.29, 1.82) is 0 Å². The normalized spacial score (nSPS) is 24.7. The van der Waals surface area contributed by atoms with Crippen molar-refractivity contribution in [2.24, 2.45) is 11.8 Å². The summed E-state index contributed by atoms with van der Waals surface area (Å²) in [5.41, 5.74) is 1.22. The second-order valence-electron chi connectivity index (χ2n) is 9.09. The summed E-state index contributed by atoms with van der Waals surface area (Å²) in [4.78, 5) is 11.5. The van der Waals surface area contributed by atoms with Crippen LogP contribution in [0, 0.1) is 11.8 Å². The number of esters is 1. The van der Waals surface area contributed by atoms with Gasteiger partial charge in [0.1, 0.15) is 0 Å². The maximum atomic E-state index is 11.5. The Balaban J connectivity index is 1.70. The highest BCUT2D eigenvalue weighted by atomic mass is 16.5. The number of ether oxygens (including phenoxy) is 1. The van der Waals surface area contributed by atoms with Crippen LogP contribution < -0.4 is 0 Å². The van der Waals surface area contributed by atoms with E-state index < -0.39 is 18.3 Å². The first kappa shape index (κ1) is 25.6. The van der Waals surface area contributed by atoms with Gasteiger partial charge in [-0.2, -0.15) is 0 Å². The van der Waals surface area contributed by atoms with E-state index in [0.29, 0.717) is 38.5 Å². The van der Waals surface area contributed by atoms with Crippen molar-refractivity contribution in [2.75, 3.05) is 0 Å². The molecule has 0 bridgehead atoms. The number of carbonyl (C=O) groups is 1. The van der Waals surface area contributed by atoms with Gasteiger partial charge in [0.15, 0.2) is 0 Å². The molecule has 1 aromatic rings. The standard InChI is InChI=1S/C26H40O5/c1-19(2)31-26(30)13-9-4-3-8-12-22-23(25(29)18-24(22)28)17-16-21(27)15-14-20-10-6-5-7-11-20/h3,5-8,10-11,19,21-25,27-29H,4,9,12-18H2,1-2H3/t21-,22+,23-,24+,25-/m1/s1. The molecule has 5 nitrogen and oxygen atoms in total. The lowest BCUT2D eigenvalue weighted by Gasteiger charge is -2.23. The third-order valence-corrected chi connectivity index (χ3v) is 6.16. The van der Waals surface area contributed by atoms with Crippen LogP contribution in [0.2, 0.25) is 0 Å². The number of hydrogen-bond acceptors (Lipinski definition) is 5. The Morgan fingerprint density at radius 1 is 1.10 bits per heavy atom. The van der Waals surface area contributed by atoms with E-state index in [0.717, 1.165) is 19.3 Å². The van der Waals surface area contributed by atoms with Crippen LogP contribution >= 0.6 is 0 Å². The van der Waals surface area contributed by atoms with Gasteiger partial charge in [-0.1, -0.05) is 42.5 Å². The SMILES string of the molecule is CC(C)OC(=O)CCCC=CC[C@H]1[C@@H](CC[C@H](O)CCc2ccccc2)[C@H](O)C[C@@H]1O. The van der Waals surface area contributed by atoms with Crippen LogP contribution in [0.5, 0.6) is 0 Å². The third-order valence-electron chi connectivity index (χ3n) is 6.16. The third kappa shape index (κ3) is 9.55. The Hall–Kier alpha value is -1.69. The molecule has 1 aliphatic rings. The van der Waals surface area contributed by atoms with Crippen LogP contribution in [-0.4, -0.2) is 45.7 Å². The quantitative estimate of drug-likeness (QED) is 0.247. The fourth-order valence-corrected chi connectivity index (χ4v) is 4.47. The Morgan fingerprint density at radius 2 is 1.81 bits per heavy atom. The van der Waals surface area contributed by atoms with Gasteiger partial charge in [0.25, 0.3) is 0 Å². The van der Waals surface area contributed by atoms with Crippen LogP contribution in [0.15, 0.2) is 42.5 Å². The molecular weight excluding hydrogens is 392 g/mol. The number of allylic oxidation sites excluding steroid dienone is 2. The van der Waals surface area contributed by atoms with Gasteiger partial charge < -0.3 is 20.1 Å². The zero-order chi connectivity index (χ0) is 22.6. The largest absolute Gasteiger partial charge is 0.463 e. The summed E-state index contributed by atoms with van der Waals surface area (Å²) in [6.45, 7) is 3.69. The molecule has 0 radical (unpaired) electrons. The lowest BCUT2D eigenvalue weighted by molar-refractivity contribution is -0.147. The monoisotopic (exact) mass is 432 g/mol. The molecule has 5 atom stereocenters. The minimum atomic E-state index is -0.513. The molecule has 0 spiro atoms. The first-order valence-electron chi connectivity index (χ1n) is 11.8. The molecule has 1 aromatic carbocycles. The predicted molar refractivity (Wildman–Crippen MR) is 122 cm³/mol. The summed E-state index contributed by atoms with van der Waals surface area (Å²) in [7, 11) is 0. The van der Waals surface area contributed by atoms with E-state index in [-0.39, 0.29) is 23.9 Å². The van der Waals surface area contributed by atoms with Gasteiger partial charge in [0.2, 0.25) is 0 Å². The molecule has 0 unspecified atom stereocenters. The van der Waals surface area contributed by atoms with Gasteiger partial charge in [-0.05, 0) is 82.6 Å². The van der Waals surface area contributed by atoms with Crippen molar-refractivity contribution < 1.29 is 24.9 Å². The average Bonchev–Trinajstić information content (AvgIpc) is 3.00. The minimum absolute atomic E-state index is 0.00652. The fourth-order valence-electron chi connectivity index (χ4n) is 4.47.